The Balaban J connectivity index is 1.36. The molecule has 0 radical (unpaired) electrons. The molecule has 0 atom stereocenters. The van der Waals surface area contributed by atoms with Gasteiger partial charge >= 0.3 is 6.09 Å². The van der Waals surface area contributed by atoms with Gasteiger partial charge in [-0.25, -0.2) is 9.78 Å². The second-order valence-corrected chi connectivity index (χ2v) is 11.5. The minimum Gasteiger partial charge on any atom is -0.618 e. The molecule has 1 N–H and O–H groups in total. The Labute approximate surface area is 251 Å². The van der Waals surface area contributed by atoms with Crippen LogP contribution in [0, 0.1) is 5.21 Å². The molecule has 5 aromatic rings. The van der Waals surface area contributed by atoms with E-state index in [1.54, 1.807) is 6.07 Å². The number of hydrogen-bond acceptors (Lipinski definition) is 6. The molecular formula is C34H38N4O5. The lowest BCUT2D eigenvalue weighted by Crippen LogP contribution is -2.41. The minimum absolute atomic E-state index is 0.314. The van der Waals surface area contributed by atoms with Gasteiger partial charge in [0.2, 0.25) is 11.7 Å². The average Bonchev–Trinajstić information content (AvgIpc) is 3.33. The number of aromatic nitrogens is 3. The SMILES string of the molecule is CC(C)(C)NC(=O)OCCCCc1nc2c[n+]([O-])c3cc(OCc4ccccc4)ccc3c2n1CCOc1ccccc1. The molecule has 0 bridgehead atoms. The van der Waals surface area contributed by atoms with E-state index in [-0.39, 0.29) is 5.54 Å². The highest BCUT2D eigenvalue weighted by atomic mass is 16.5. The van der Waals surface area contributed by atoms with Gasteiger partial charge in [0, 0.05) is 12.0 Å². The summed E-state index contributed by atoms with van der Waals surface area (Å²) in [6, 6.07) is 25.2. The molecule has 0 saturated carbocycles. The van der Waals surface area contributed by atoms with E-state index < -0.39 is 6.09 Å². The maximum absolute atomic E-state index is 13.1. The number of para-hydroxylation sites is 1. The van der Waals surface area contributed by atoms with Gasteiger partial charge in [0.05, 0.1) is 30.1 Å². The van der Waals surface area contributed by atoms with E-state index in [4.69, 9.17) is 19.2 Å². The molecule has 0 spiro atoms. The number of unbranched alkanes of at least 4 members (excludes halogenated alkanes) is 1. The van der Waals surface area contributed by atoms with E-state index in [0.29, 0.717) is 56.0 Å². The Morgan fingerprint density at radius 3 is 2.42 bits per heavy atom. The molecule has 2 aromatic heterocycles. The van der Waals surface area contributed by atoms with E-state index >= 15 is 0 Å². The van der Waals surface area contributed by atoms with Crippen molar-refractivity contribution in [2.45, 2.75) is 58.7 Å². The molecule has 2 heterocycles. The molecule has 0 unspecified atom stereocenters. The van der Waals surface area contributed by atoms with Crippen LogP contribution in [0.1, 0.15) is 45.0 Å². The Morgan fingerprint density at radius 1 is 0.930 bits per heavy atom. The summed E-state index contributed by atoms with van der Waals surface area (Å²) in [6.45, 7) is 7.44. The zero-order chi connectivity index (χ0) is 30.2. The van der Waals surface area contributed by atoms with Crippen molar-refractivity contribution in [2.24, 2.45) is 0 Å². The Kier molecular flexibility index (Phi) is 9.29. The molecular weight excluding hydrogens is 544 g/mol. The van der Waals surface area contributed by atoms with Crippen molar-refractivity contribution in [1.29, 1.82) is 0 Å². The lowest BCUT2D eigenvalue weighted by atomic mass is 10.1. The summed E-state index contributed by atoms with van der Waals surface area (Å²) in [7, 11) is 0. The summed E-state index contributed by atoms with van der Waals surface area (Å²) in [5.41, 5.74) is 2.71. The van der Waals surface area contributed by atoms with Crippen LogP contribution in [0.5, 0.6) is 11.5 Å². The van der Waals surface area contributed by atoms with Crippen LogP contribution in [0.25, 0.3) is 21.9 Å². The Bertz CT molecular complexity index is 1660. The third-order valence-corrected chi connectivity index (χ3v) is 6.86. The monoisotopic (exact) mass is 582 g/mol. The largest absolute Gasteiger partial charge is 0.618 e. The van der Waals surface area contributed by atoms with Gasteiger partial charge in [0.1, 0.15) is 30.5 Å². The van der Waals surface area contributed by atoms with Crippen molar-refractivity contribution in [3.63, 3.8) is 0 Å². The molecule has 9 nitrogen and oxygen atoms in total. The third kappa shape index (κ3) is 7.94. The second-order valence-electron chi connectivity index (χ2n) is 11.5. The van der Waals surface area contributed by atoms with Crippen LogP contribution < -0.4 is 19.5 Å². The quantitative estimate of drug-likeness (QED) is 0.105. The molecule has 224 valence electrons. The van der Waals surface area contributed by atoms with Crippen LogP contribution >= 0.6 is 0 Å². The summed E-state index contributed by atoms with van der Waals surface area (Å²) >= 11 is 0. The third-order valence-electron chi connectivity index (χ3n) is 6.86. The fourth-order valence-electron chi connectivity index (χ4n) is 4.89. The standard InChI is InChI=1S/C34H38N4O5/c1-34(2,3)36-33(39)42-20-11-10-16-31-35-29-23-38(40)30-22-27(43-24-25-12-6-4-7-13-25)17-18-28(30)32(29)37(31)19-21-41-26-14-8-5-9-15-26/h4-9,12-15,17-18,22-23H,10-11,16,19-21,24H2,1-3H3,(H,36,39). The van der Waals surface area contributed by atoms with Crippen molar-refractivity contribution in [2.75, 3.05) is 13.2 Å². The summed E-state index contributed by atoms with van der Waals surface area (Å²) in [5.74, 6) is 2.26. The fourth-order valence-corrected chi connectivity index (χ4v) is 4.89. The van der Waals surface area contributed by atoms with Gasteiger partial charge in [0.25, 0.3) is 0 Å². The Hall–Kier alpha value is -4.79. The number of alkyl carbamates (subject to hydrolysis) is 1. The van der Waals surface area contributed by atoms with Crippen molar-refractivity contribution in [1.82, 2.24) is 14.9 Å². The van der Waals surface area contributed by atoms with Crippen LogP contribution in [0.15, 0.2) is 85.1 Å². The molecule has 0 aliphatic carbocycles. The van der Waals surface area contributed by atoms with Crippen molar-refractivity contribution < 1.29 is 23.7 Å². The minimum atomic E-state index is -0.420. The molecule has 0 saturated heterocycles. The number of ether oxygens (including phenoxy) is 3. The molecule has 0 aliphatic rings. The number of rotatable bonds is 12. The number of hydrogen-bond donors (Lipinski definition) is 1. The smallest absolute Gasteiger partial charge is 0.407 e. The topological polar surface area (TPSA) is 102 Å². The summed E-state index contributed by atoms with van der Waals surface area (Å²) in [4.78, 5) is 16.9. The number of aryl methyl sites for hydroxylation is 1. The molecule has 43 heavy (non-hydrogen) atoms. The van der Waals surface area contributed by atoms with Gasteiger partial charge in [-0.1, -0.05) is 48.5 Å². The number of pyridine rings is 1. The summed E-state index contributed by atoms with van der Waals surface area (Å²) < 4.78 is 20.4. The highest BCUT2D eigenvalue weighted by Gasteiger charge is 2.20. The highest BCUT2D eigenvalue weighted by Crippen LogP contribution is 2.28. The predicted molar refractivity (Wildman–Crippen MR) is 166 cm³/mol. The zero-order valence-corrected chi connectivity index (χ0v) is 24.9. The maximum Gasteiger partial charge on any atom is 0.407 e. The van der Waals surface area contributed by atoms with Gasteiger partial charge in [-0.3, -0.25) is 0 Å². The van der Waals surface area contributed by atoms with Crippen molar-refractivity contribution >= 4 is 28.0 Å². The first-order chi connectivity index (χ1) is 20.8. The van der Waals surface area contributed by atoms with Crippen LogP contribution in [-0.4, -0.2) is 34.4 Å². The van der Waals surface area contributed by atoms with Crippen LogP contribution in [-0.2, 0) is 24.3 Å². The number of fused-ring (bicyclic) bond motifs is 3. The van der Waals surface area contributed by atoms with Gasteiger partial charge in [-0.05, 0) is 63.4 Å². The van der Waals surface area contributed by atoms with E-state index in [0.717, 1.165) is 39.2 Å². The number of nitrogens with zero attached hydrogens (tertiary/aromatic N) is 3. The van der Waals surface area contributed by atoms with Gasteiger partial charge < -0.3 is 29.3 Å². The average molecular weight is 583 g/mol. The molecule has 3 aromatic carbocycles. The maximum atomic E-state index is 13.1. The van der Waals surface area contributed by atoms with Crippen molar-refractivity contribution in [3.05, 3.63) is 102 Å². The van der Waals surface area contributed by atoms with Crippen LogP contribution in [0.3, 0.4) is 0 Å². The number of benzene rings is 3. The summed E-state index contributed by atoms with van der Waals surface area (Å²) in [5, 5.41) is 16.7. The molecule has 1 amide bonds. The van der Waals surface area contributed by atoms with Crippen molar-refractivity contribution in [3.8, 4) is 11.5 Å². The normalized spacial score (nSPS) is 11.5. The highest BCUT2D eigenvalue weighted by molar-refractivity contribution is 6.01. The zero-order valence-electron chi connectivity index (χ0n) is 24.9. The number of amides is 1. The molecule has 9 heteroatoms. The fraction of sp³-hybridized carbons (Fsp3) is 0.324. The van der Waals surface area contributed by atoms with E-state index in [2.05, 4.69) is 9.88 Å². The lowest BCUT2D eigenvalue weighted by molar-refractivity contribution is -0.575. The first-order valence-electron chi connectivity index (χ1n) is 14.6. The van der Waals surface area contributed by atoms with E-state index in [9.17, 15) is 10.0 Å². The Morgan fingerprint density at radius 2 is 1.67 bits per heavy atom. The second kappa shape index (κ2) is 13.5. The van der Waals surface area contributed by atoms with Gasteiger partial charge in [0.15, 0.2) is 5.52 Å². The predicted octanol–water partition coefficient (Wildman–Crippen LogP) is 6.33. The first kappa shape index (κ1) is 29.7. The molecule has 0 aliphatic heterocycles. The van der Waals surface area contributed by atoms with Crippen LogP contribution in [0.4, 0.5) is 4.79 Å². The summed E-state index contributed by atoms with van der Waals surface area (Å²) in [6.07, 6.45) is 3.21. The van der Waals surface area contributed by atoms with E-state index in [1.807, 2.05) is 93.6 Å². The lowest BCUT2D eigenvalue weighted by Gasteiger charge is -2.19. The van der Waals surface area contributed by atoms with E-state index in [1.165, 1.54) is 6.20 Å². The first-order valence-corrected chi connectivity index (χ1v) is 14.6. The molecule has 0 fully saturated rings. The van der Waals surface area contributed by atoms with Gasteiger partial charge in [-0.2, -0.15) is 4.73 Å². The molecule has 5 rings (SSSR count). The van der Waals surface area contributed by atoms with Crippen LogP contribution in [0.2, 0.25) is 0 Å². The number of carbonyl (C=O) groups is 1. The van der Waals surface area contributed by atoms with Gasteiger partial charge in [-0.15, -0.1) is 0 Å². The number of carbonyl (C=O) groups excluding carboxylic acids is 1. The number of imidazole rings is 1. The number of nitrogens with one attached hydrogen (secondary N) is 1.